The highest BCUT2D eigenvalue weighted by atomic mass is 16.3. The number of fused-ring (bicyclic) bond motifs is 11. The molecule has 0 aliphatic heterocycles. The second-order valence-electron chi connectivity index (χ2n) is 14.4. The molecule has 54 heavy (non-hydrogen) atoms. The minimum Gasteiger partial charge on any atom is -0.456 e. The van der Waals surface area contributed by atoms with Gasteiger partial charge in [0.2, 0.25) is 0 Å². The van der Waals surface area contributed by atoms with Crippen molar-refractivity contribution in [3.8, 4) is 33.4 Å². The molecular formula is C52H30O2. The second-order valence-corrected chi connectivity index (χ2v) is 14.4. The fourth-order valence-electron chi connectivity index (χ4n) is 8.98. The molecule has 2 heteroatoms. The zero-order valence-corrected chi connectivity index (χ0v) is 29.1. The highest BCUT2D eigenvalue weighted by Gasteiger charge is 2.19. The van der Waals surface area contributed by atoms with Crippen LogP contribution in [0.5, 0.6) is 0 Å². The van der Waals surface area contributed by atoms with Crippen molar-refractivity contribution < 1.29 is 8.83 Å². The molecule has 0 aliphatic rings. The monoisotopic (exact) mass is 686 g/mol. The Morgan fingerprint density at radius 1 is 0.259 bits per heavy atom. The Bertz CT molecular complexity index is 3440. The van der Waals surface area contributed by atoms with Crippen LogP contribution in [0.3, 0.4) is 0 Å². The van der Waals surface area contributed by atoms with E-state index in [1.54, 1.807) is 0 Å². The Morgan fingerprint density at radius 2 is 0.870 bits per heavy atom. The lowest BCUT2D eigenvalue weighted by Gasteiger charge is -2.19. The number of hydrogen-bond acceptors (Lipinski definition) is 2. The topological polar surface area (TPSA) is 26.3 Å². The zero-order valence-electron chi connectivity index (χ0n) is 29.1. The SMILES string of the molecule is c1cc(-c2ccc3oc4cc5ccc6c7ccccc7oc6c5cc4c3c2)cc(-c2c3ccccc3c(-c3cccc4ccccc34)c3ccccc23)c1. The summed E-state index contributed by atoms with van der Waals surface area (Å²) in [6.07, 6.45) is 0. The molecule has 2 aromatic heterocycles. The summed E-state index contributed by atoms with van der Waals surface area (Å²) in [5.74, 6) is 0. The van der Waals surface area contributed by atoms with E-state index in [1.165, 1.54) is 54.6 Å². The normalized spacial score (nSPS) is 12.1. The Labute approximate surface area is 310 Å². The van der Waals surface area contributed by atoms with E-state index >= 15 is 0 Å². The largest absolute Gasteiger partial charge is 0.456 e. The molecule has 0 bridgehead atoms. The summed E-state index contributed by atoms with van der Waals surface area (Å²) < 4.78 is 12.9. The first-order valence-corrected chi connectivity index (χ1v) is 18.5. The third-order valence-corrected chi connectivity index (χ3v) is 11.4. The summed E-state index contributed by atoms with van der Waals surface area (Å²) in [7, 11) is 0. The van der Waals surface area contributed by atoms with Crippen molar-refractivity contribution in [2.24, 2.45) is 0 Å². The molecule has 0 atom stereocenters. The lowest BCUT2D eigenvalue weighted by atomic mass is 9.84. The van der Waals surface area contributed by atoms with Crippen molar-refractivity contribution >= 4 is 87.0 Å². The smallest absolute Gasteiger partial charge is 0.143 e. The molecule has 12 aromatic rings. The summed E-state index contributed by atoms with van der Waals surface area (Å²) in [5.41, 5.74) is 10.9. The van der Waals surface area contributed by atoms with Crippen LogP contribution in [0.15, 0.2) is 191 Å². The first-order chi connectivity index (χ1) is 26.8. The molecule has 0 saturated carbocycles. The van der Waals surface area contributed by atoms with E-state index in [0.717, 1.165) is 65.8 Å². The van der Waals surface area contributed by atoms with Crippen LogP contribution in [0.4, 0.5) is 0 Å². The summed E-state index contributed by atoms with van der Waals surface area (Å²) >= 11 is 0. The third-order valence-electron chi connectivity index (χ3n) is 11.4. The molecule has 2 heterocycles. The molecule has 12 rings (SSSR count). The van der Waals surface area contributed by atoms with Crippen molar-refractivity contribution in [2.75, 3.05) is 0 Å². The van der Waals surface area contributed by atoms with Gasteiger partial charge in [0, 0.05) is 26.9 Å². The lowest BCUT2D eigenvalue weighted by Crippen LogP contribution is -1.92. The van der Waals surface area contributed by atoms with Crippen LogP contribution in [0.1, 0.15) is 0 Å². The molecule has 0 saturated heterocycles. The highest BCUT2D eigenvalue weighted by molar-refractivity contribution is 6.24. The van der Waals surface area contributed by atoms with Crippen LogP contribution in [0.25, 0.3) is 120 Å². The van der Waals surface area contributed by atoms with Gasteiger partial charge in [0.25, 0.3) is 0 Å². The van der Waals surface area contributed by atoms with Gasteiger partial charge in [0.05, 0.1) is 0 Å². The van der Waals surface area contributed by atoms with Gasteiger partial charge >= 0.3 is 0 Å². The van der Waals surface area contributed by atoms with Crippen LogP contribution in [-0.4, -0.2) is 0 Å². The Kier molecular flexibility index (Phi) is 6.09. The van der Waals surface area contributed by atoms with Gasteiger partial charge in [0.15, 0.2) is 0 Å². The molecule has 0 aliphatic carbocycles. The third kappa shape index (κ3) is 4.22. The van der Waals surface area contributed by atoms with Gasteiger partial charge in [-0.05, 0) is 114 Å². The number of rotatable bonds is 3. The van der Waals surface area contributed by atoms with Crippen molar-refractivity contribution in [3.05, 3.63) is 182 Å². The van der Waals surface area contributed by atoms with E-state index in [4.69, 9.17) is 8.83 Å². The zero-order chi connectivity index (χ0) is 35.3. The van der Waals surface area contributed by atoms with Crippen molar-refractivity contribution in [1.29, 1.82) is 0 Å². The second kappa shape index (κ2) is 11.2. The number of para-hydroxylation sites is 1. The molecule has 2 nitrogen and oxygen atoms in total. The van der Waals surface area contributed by atoms with Crippen LogP contribution in [-0.2, 0) is 0 Å². The van der Waals surface area contributed by atoms with E-state index in [0.29, 0.717) is 0 Å². The van der Waals surface area contributed by atoms with Crippen molar-refractivity contribution in [1.82, 2.24) is 0 Å². The van der Waals surface area contributed by atoms with Crippen molar-refractivity contribution in [3.63, 3.8) is 0 Å². The molecule has 0 radical (unpaired) electrons. The Morgan fingerprint density at radius 3 is 1.69 bits per heavy atom. The maximum absolute atomic E-state index is 6.46. The summed E-state index contributed by atoms with van der Waals surface area (Å²) in [6, 6.07) is 65.7. The first kappa shape index (κ1) is 29.4. The van der Waals surface area contributed by atoms with Crippen LogP contribution >= 0.6 is 0 Å². The number of benzene rings is 10. The van der Waals surface area contributed by atoms with Crippen LogP contribution in [0, 0.1) is 0 Å². The predicted molar refractivity (Wildman–Crippen MR) is 227 cm³/mol. The van der Waals surface area contributed by atoms with Gasteiger partial charge < -0.3 is 8.83 Å². The lowest BCUT2D eigenvalue weighted by molar-refractivity contribution is 0.669. The van der Waals surface area contributed by atoms with E-state index in [2.05, 4.69) is 170 Å². The molecule has 0 fully saturated rings. The van der Waals surface area contributed by atoms with Crippen LogP contribution in [0.2, 0.25) is 0 Å². The minimum absolute atomic E-state index is 0.877. The summed E-state index contributed by atoms with van der Waals surface area (Å²) in [4.78, 5) is 0. The fraction of sp³-hybridized carbons (Fsp3) is 0. The van der Waals surface area contributed by atoms with E-state index < -0.39 is 0 Å². The van der Waals surface area contributed by atoms with Gasteiger partial charge in [0.1, 0.15) is 22.3 Å². The standard InChI is InChI=1S/C52H30O2/c1-2-15-36-31(11-1)12-10-21-38(36)51-41-19-5-3-17-39(41)50(40-18-4-6-20-42(40)51)35-14-9-13-32(27-35)33-24-26-48-45(28-33)46-30-44-34(29-49(46)53-48)23-25-43-37-16-7-8-22-47(37)54-52(43)44/h1-30H. The van der Waals surface area contributed by atoms with Gasteiger partial charge in [-0.15, -0.1) is 0 Å². The van der Waals surface area contributed by atoms with Gasteiger partial charge in [-0.2, -0.15) is 0 Å². The van der Waals surface area contributed by atoms with Gasteiger partial charge in [-0.3, -0.25) is 0 Å². The maximum atomic E-state index is 6.46. The summed E-state index contributed by atoms with van der Waals surface area (Å²) in [5, 5.41) is 14.2. The fourth-order valence-corrected chi connectivity index (χ4v) is 8.98. The Balaban J connectivity index is 1.05. The molecule has 0 N–H and O–H groups in total. The highest BCUT2D eigenvalue weighted by Crippen LogP contribution is 2.46. The van der Waals surface area contributed by atoms with Gasteiger partial charge in [-0.1, -0.05) is 140 Å². The molecule has 250 valence electrons. The first-order valence-electron chi connectivity index (χ1n) is 18.5. The molecule has 0 amide bonds. The Hall–Kier alpha value is -7.16. The average Bonchev–Trinajstić information content (AvgIpc) is 3.79. The van der Waals surface area contributed by atoms with Crippen LogP contribution < -0.4 is 0 Å². The van der Waals surface area contributed by atoms with Gasteiger partial charge in [-0.25, -0.2) is 0 Å². The number of furan rings is 2. The average molecular weight is 687 g/mol. The molecular weight excluding hydrogens is 657 g/mol. The summed E-state index contributed by atoms with van der Waals surface area (Å²) in [6.45, 7) is 0. The number of hydrogen-bond donors (Lipinski definition) is 0. The molecule has 0 spiro atoms. The quantitative estimate of drug-likeness (QED) is 0.173. The molecule has 0 unspecified atom stereocenters. The van der Waals surface area contributed by atoms with E-state index in [9.17, 15) is 0 Å². The minimum atomic E-state index is 0.877. The molecule has 10 aromatic carbocycles. The van der Waals surface area contributed by atoms with E-state index in [-0.39, 0.29) is 0 Å². The van der Waals surface area contributed by atoms with E-state index in [1.807, 2.05) is 12.1 Å². The van der Waals surface area contributed by atoms with Crippen molar-refractivity contribution in [2.45, 2.75) is 0 Å². The maximum Gasteiger partial charge on any atom is 0.143 e. The predicted octanol–water partition coefficient (Wildman–Crippen LogP) is 15.1.